The van der Waals surface area contributed by atoms with Crippen LogP contribution in [0.3, 0.4) is 0 Å². The number of anilines is 1. The van der Waals surface area contributed by atoms with E-state index in [0.29, 0.717) is 35.0 Å². The highest BCUT2D eigenvalue weighted by atomic mass is 32.2. The summed E-state index contributed by atoms with van der Waals surface area (Å²) < 4.78 is 7.02. The summed E-state index contributed by atoms with van der Waals surface area (Å²) in [5.41, 5.74) is 2.94. The molecule has 0 unspecified atom stereocenters. The van der Waals surface area contributed by atoms with E-state index < -0.39 is 0 Å². The minimum atomic E-state index is -0.241. The number of nitrogens with one attached hydrogen (secondary N) is 1. The summed E-state index contributed by atoms with van der Waals surface area (Å²) in [5.74, 6) is 0.869. The molecule has 0 fully saturated rings. The zero-order chi connectivity index (χ0) is 22.1. The Bertz CT molecular complexity index is 1350. The van der Waals surface area contributed by atoms with E-state index in [4.69, 9.17) is 4.74 Å². The quantitative estimate of drug-likeness (QED) is 0.360. The lowest BCUT2D eigenvalue weighted by Crippen LogP contribution is -2.31. The molecule has 4 aromatic rings. The molecule has 1 aliphatic heterocycles. The summed E-state index contributed by atoms with van der Waals surface area (Å²) in [6.07, 6.45) is 2.32. The van der Waals surface area contributed by atoms with Gasteiger partial charge in [0.25, 0.3) is 5.56 Å². The lowest BCUT2D eigenvalue weighted by Gasteiger charge is -2.18. The van der Waals surface area contributed by atoms with Crippen LogP contribution < -0.4 is 15.2 Å². The number of nitrogens with zero attached hydrogens (tertiary/aromatic N) is 4. The molecule has 8 nitrogen and oxygen atoms in total. The van der Waals surface area contributed by atoms with Crippen molar-refractivity contribution < 1.29 is 9.53 Å². The number of benzene rings is 2. The maximum Gasteiger partial charge on any atom is 0.269 e. The maximum absolute atomic E-state index is 13.2. The fraction of sp³-hybridized carbons (Fsp3) is 0.217. The Balaban J connectivity index is 1.46. The van der Waals surface area contributed by atoms with Crippen molar-refractivity contribution in [1.82, 2.24) is 19.7 Å². The molecule has 1 amide bonds. The number of aromatic nitrogens is 4. The maximum atomic E-state index is 13.2. The second kappa shape index (κ2) is 8.51. The van der Waals surface area contributed by atoms with Crippen molar-refractivity contribution in [2.45, 2.75) is 18.5 Å². The van der Waals surface area contributed by atoms with Crippen LogP contribution in [0.2, 0.25) is 0 Å². The third-order valence-corrected chi connectivity index (χ3v) is 6.29. The van der Waals surface area contributed by atoms with Crippen LogP contribution in [-0.2, 0) is 11.2 Å². The molecular weight excluding hydrogens is 426 g/mol. The third-order valence-electron chi connectivity index (χ3n) is 5.37. The first-order valence-electron chi connectivity index (χ1n) is 10.4. The van der Waals surface area contributed by atoms with Gasteiger partial charge in [-0.3, -0.25) is 19.3 Å². The van der Waals surface area contributed by atoms with Gasteiger partial charge in [-0.15, -0.1) is 0 Å². The summed E-state index contributed by atoms with van der Waals surface area (Å²) in [4.78, 5) is 32.6. The molecule has 0 saturated heterocycles. The molecule has 0 atom stereocenters. The Morgan fingerprint density at radius 2 is 2.00 bits per heavy atom. The number of fused-ring (bicyclic) bond motifs is 2. The van der Waals surface area contributed by atoms with Gasteiger partial charge in [0.1, 0.15) is 11.1 Å². The fourth-order valence-corrected chi connectivity index (χ4v) is 4.74. The van der Waals surface area contributed by atoms with Gasteiger partial charge in [-0.05, 0) is 49.2 Å². The van der Waals surface area contributed by atoms with Gasteiger partial charge >= 0.3 is 0 Å². The number of hydrogen-bond acceptors (Lipinski definition) is 6. The summed E-state index contributed by atoms with van der Waals surface area (Å²) in [7, 11) is 0. The van der Waals surface area contributed by atoms with Crippen LogP contribution in [0.15, 0.2) is 64.7 Å². The van der Waals surface area contributed by atoms with E-state index in [9.17, 15) is 9.59 Å². The highest BCUT2D eigenvalue weighted by Gasteiger charge is 2.25. The molecule has 162 valence electrons. The normalized spacial score (nSPS) is 12.8. The van der Waals surface area contributed by atoms with E-state index in [-0.39, 0.29) is 17.2 Å². The number of hydrogen-bond donors (Lipinski definition) is 1. The molecular formula is C23H21N5O3S. The predicted octanol–water partition coefficient (Wildman–Crippen LogP) is 3.19. The second-order valence-electron chi connectivity index (χ2n) is 7.31. The number of thioether (sulfide) groups is 1. The van der Waals surface area contributed by atoms with Crippen molar-refractivity contribution >= 4 is 34.4 Å². The smallest absolute Gasteiger partial charge is 0.269 e. The van der Waals surface area contributed by atoms with Gasteiger partial charge in [0, 0.05) is 12.2 Å². The van der Waals surface area contributed by atoms with E-state index in [0.717, 1.165) is 17.9 Å². The predicted molar refractivity (Wildman–Crippen MR) is 124 cm³/mol. The number of carbonyl (C=O) groups is 1. The minimum absolute atomic E-state index is 0.0165. The van der Waals surface area contributed by atoms with Crippen molar-refractivity contribution in [1.29, 1.82) is 0 Å². The first-order chi connectivity index (χ1) is 15.7. The average molecular weight is 448 g/mol. The van der Waals surface area contributed by atoms with Crippen LogP contribution in [0.1, 0.15) is 12.5 Å². The van der Waals surface area contributed by atoms with Crippen LogP contribution in [0.4, 0.5) is 5.69 Å². The monoisotopic (exact) mass is 447 g/mol. The van der Waals surface area contributed by atoms with E-state index in [1.54, 1.807) is 4.90 Å². The molecule has 9 heteroatoms. The molecule has 0 spiro atoms. The first-order valence-corrected chi connectivity index (χ1v) is 11.3. The van der Waals surface area contributed by atoms with Gasteiger partial charge in [-0.2, -0.15) is 5.10 Å². The Morgan fingerprint density at radius 1 is 1.19 bits per heavy atom. The van der Waals surface area contributed by atoms with Gasteiger partial charge in [0.15, 0.2) is 10.8 Å². The molecule has 32 heavy (non-hydrogen) atoms. The topological polar surface area (TPSA) is 93.1 Å². The zero-order valence-corrected chi connectivity index (χ0v) is 18.3. The van der Waals surface area contributed by atoms with E-state index in [2.05, 4.69) is 15.2 Å². The van der Waals surface area contributed by atoms with Crippen molar-refractivity contribution in [3.63, 3.8) is 0 Å². The molecule has 0 radical (unpaired) electrons. The molecule has 0 bridgehead atoms. The average Bonchev–Trinajstić information content (AvgIpc) is 3.46. The summed E-state index contributed by atoms with van der Waals surface area (Å²) >= 11 is 1.24. The van der Waals surface area contributed by atoms with Crippen LogP contribution in [0.25, 0.3) is 16.7 Å². The summed E-state index contributed by atoms with van der Waals surface area (Å²) in [6, 6.07) is 15.2. The van der Waals surface area contributed by atoms with Crippen molar-refractivity contribution in [3.05, 3.63) is 70.6 Å². The largest absolute Gasteiger partial charge is 0.494 e. The number of amides is 1. The van der Waals surface area contributed by atoms with E-state index >= 15 is 0 Å². The van der Waals surface area contributed by atoms with Crippen LogP contribution in [0, 0.1) is 0 Å². The van der Waals surface area contributed by atoms with Crippen molar-refractivity contribution in [3.8, 4) is 11.4 Å². The third kappa shape index (κ3) is 3.64. The van der Waals surface area contributed by atoms with E-state index in [1.165, 1.54) is 28.1 Å². The Labute approximate surface area is 188 Å². The number of H-pyrrole nitrogens is 1. The molecule has 0 aliphatic carbocycles. The van der Waals surface area contributed by atoms with Crippen molar-refractivity contribution in [2.24, 2.45) is 0 Å². The highest BCUT2D eigenvalue weighted by Crippen LogP contribution is 2.29. The lowest BCUT2D eigenvalue weighted by molar-refractivity contribution is -0.116. The Morgan fingerprint density at radius 3 is 2.81 bits per heavy atom. The van der Waals surface area contributed by atoms with Gasteiger partial charge < -0.3 is 9.64 Å². The van der Waals surface area contributed by atoms with Crippen LogP contribution >= 0.6 is 11.8 Å². The molecule has 5 rings (SSSR count). The highest BCUT2D eigenvalue weighted by molar-refractivity contribution is 7.99. The fourth-order valence-electron chi connectivity index (χ4n) is 3.86. The van der Waals surface area contributed by atoms with Gasteiger partial charge in [0.2, 0.25) is 5.91 Å². The molecule has 1 aliphatic rings. The van der Waals surface area contributed by atoms with Gasteiger partial charge in [-0.1, -0.05) is 30.0 Å². The van der Waals surface area contributed by atoms with Gasteiger partial charge in [-0.25, -0.2) is 4.98 Å². The molecule has 2 aromatic carbocycles. The number of aromatic amines is 1. The zero-order valence-electron chi connectivity index (χ0n) is 17.4. The SMILES string of the molecule is CCOc1ccc(-n2c(SCC(=O)N3CCc4ccccc43)nc3[nH]ncc3c2=O)cc1. The van der Waals surface area contributed by atoms with E-state index in [1.807, 2.05) is 55.5 Å². The number of ether oxygens (including phenoxy) is 1. The number of para-hydroxylation sites is 1. The Kier molecular flexibility index (Phi) is 5.40. The molecule has 1 N–H and O–H groups in total. The summed E-state index contributed by atoms with van der Waals surface area (Å²) in [5, 5.41) is 7.53. The summed E-state index contributed by atoms with van der Waals surface area (Å²) in [6.45, 7) is 3.14. The molecule has 3 heterocycles. The van der Waals surface area contributed by atoms with Crippen molar-refractivity contribution in [2.75, 3.05) is 23.8 Å². The van der Waals surface area contributed by atoms with Crippen LogP contribution in [-0.4, -0.2) is 44.6 Å². The van der Waals surface area contributed by atoms with Gasteiger partial charge in [0.05, 0.1) is 24.2 Å². The minimum Gasteiger partial charge on any atom is -0.494 e. The standard InChI is InChI=1S/C23H21N5O3S/c1-2-31-17-9-7-16(8-10-17)28-22(30)18-13-24-26-21(18)25-23(28)32-14-20(29)27-12-11-15-5-3-4-6-19(15)27/h3-10,13H,2,11-12,14H2,1H3,(H,24,26). The molecule has 0 saturated carbocycles. The Hall–Kier alpha value is -3.59. The first kappa shape index (κ1) is 20.3. The molecule has 2 aromatic heterocycles. The van der Waals surface area contributed by atoms with Crippen LogP contribution in [0.5, 0.6) is 5.75 Å². The second-order valence-corrected chi connectivity index (χ2v) is 8.25. The lowest BCUT2D eigenvalue weighted by atomic mass is 10.2. The number of carbonyl (C=O) groups excluding carboxylic acids is 1. The number of rotatable bonds is 6.